The summed E-state index contributed by atoms with van der Waals surface area (Å²) >= 11 is 0. The number of aliphatic carboxylic acids is 1. The first-order chi connectivity index (χ1) is 11.3. The summed E-state index contributed by atoms with van der Waals surface area (Å²) in [6, 6.07) is 4.99. The number of amides is 1. The maximum atomic E-state index is 11.8. The number of nitrogens with one attached hydrogen (secondary N) is 1. The number of fused-ring (bicyclic) bond motifs is 1. The van der Waals surface area contributed by atoms with Crippen LogP contribution in [0.25, 0.3) is 11.0 Å². The molecule has 0 bridgehead atoms. The zero-order valence-corrected chi connectivity index (χ0v) is 13.7. The normalized spacial score (nSPS) is 12.0. The summed E-state index contributed by atoms with van der Waals surface area (Å²) in [5.41, 5.74) is 1.35. The van der Waals surface area contributed by atoms with E-state index in [1.807, 2.05) is 6.92 Å². The van der Waals surface area contributed by atoms with Crippen molar-refractivity contribution in [3.63, 3.8) is 0 Å². The lowest BCUT2D eigenvalue weighted by Crippen LogP contribution is -2.38. The summed E-state index contributed by atoms with van der Waals surface area (Å²) in [6.45, 7) is 5.04. The standard InChI is InChI=1S/C17H19NO6/c1-9-10(2)17(22)24-14-8-12(4-5-13(9)14)23-11(3)16(21)18-7-6-15(19)20/h4-5,8,11H,6-7H2,1-3H3,(H,18,21)(H,19,20)/p-1/t11-/m1/s1. The van der Waals surface area contributed by atoms with E-state index in [0.29, 0.717) is 16.9 Å². The molecule has 0 aliphatic carbocycles. The highest BCUT2D eigenvalue weighted by Crippen LogP contribution is 2.24. The van der Waals surface area contributed by atoms with E-state index in [9.17, 15) is 19.5 Å². The van der Waals surface area contributed by atoms with Gasteiger partial charge in [-0.15, -0.1) is 0 Å². The number of benzene rings is 1. The average molecular weight is 332 g/mol. The zero-order chi connectivity index (χ0) is 17.9. The number of aryl methyl sites for hydroxylation is 1. The van der Waals surface area contributed by atoms with Gasteiger partial charge in [0.25, 0.3) is 5.91 Å². The minimum absolute atomic E-state index is 0.0278. The highest BCUT2D eigenvalue weighted by atomic mass is 16.5. The molecule has 0 aliphatic heterocycles. The van der Waals surface area contributed by atoms with E-state index < -0.39 is 23.6 Å². The molecule has 0 spiro atoms. The Labute approximate surface area is 138 Å². The molecule has 7 nitrogen and oxygen atoms in total. The highest BCUT2D eigenvalue weighted by Gasteiger charge is 2.15. The minimum Gasteiger partial charge on any atom is -0.550 e. The summed E-state index contributed by atoms with van der Waals surface area (Å²) in [6.07, 6.45) is -1.10. The maximum Gasteiger partial charge on any atom is 0.339 e. The minimum atomic E-state index is -1.24. The highest BCUT2D eigenvalue weighted by molar-refractivity contribution is 5.83. The van der Waals surface area contributed by atoms with Crippen LogP contribution in [-0.2, 0) is 9.59 Å². The van der Waals surface area contributed by atoms with E-state index in [1.54, 1.807) is 25.1 Å². The predicted octanol–water partition coefficient (Wildman–Crippen LogP) is 0.433. The molecule has 0 saturated heterocycles. The second-order valence-corrected chi connectivity index (χ2v) is 5.47. The number of carbonyl (C=O) groups excluding carboxylic acids is 2. The van der Waals surface area contributed by atoms with Crippen LogP contribution < -0.4 is 20.8 Å². The number of carboxylic acid groups (broad SMARTS) is 1. The lowest BCUT2D eigenvalue weighted by Gasteiger charge is -2.15. The molecule has 0 unspecified atom stereocenters. The van der Waals surface area contributed by atoms with Gasteiger partial charge in [-0.2, -0.15) is 0 Å². The molecule has 0 saturated carbocycles. The first-order valence-corrected chi connectivity index (χ1v) is 7.48. The van der Waals surface area contributed by atoms with Crippen LogP contribution in [0.3, 0.4) is 0 Å². The second-order valence-electron chi connectivity index (χ2n) is 5.47. The Balaban J connectivity index is 2.12. The summed E-state index contributed by atoms with van der Waals surface area (Å²) in [4.78, 5) is 33.9. The molecular formula is C17H18NO6-. The Morgan fingerprint density at radius 3 is 2.67 bits per heavy atom. The van der Waals surface area contributed by atoms with Crippen LogP contribution in [0.4, 0.5) is 0 Å². The molecule has 128 valence electrons. The van der Waals surface area contributed by atoms with Gasteiger partial charge in [-0.1, -0.05) is 0 Å². The van der Waals surface area contributed by atoms with Gasteiger partial charge in [-0.3, -0.25) is 4.79 Å². The summed E-state index contributed by atoms with van der Waals surface area (Å²) in [5, 5.41) is 13.6. The fraction of sp³-hybridized carbons (Fsp3) is 0.353. The van der Waals surface area contributed by atoms with Gasteiger partial charge in [-0.05, 0) is 38.5 Å². The topological polar surface area (TPSA) is 109 Å². The van der Waals surface area contributed by atoms with Crippen molar-refractivity contribution in [2.45, 2.75) is 33.3 Å². The molecular weight excluding hydrogens is 314 g/mol. The molecule has 0 aliphatic rings. The Kier molecular flexibility index (Phi) is 5.23. The quantitative estimate of drug-likeness (QED) is 0.769. The van der Waals surface area contributed by atoms with E-state index >= 15 is 0 Å². The van der Waals surface area contributed by atoms with Gasteiger partial charge in [-0.25, -0.2) is 4.79 Å². The second kappa shape index (κ2) is 7.16. The van der Waals surface area contributed by atoms with E-state index in [1.165, 1.54) is 6.92 Å². The monoisotopic (exact) mass is 332 g/mol. The van der Waals surface area contributed by atoms with E-state index in [-0.39, 0.29) is 13.0 Å². The number of rotatable bonds is 6. The molecule has 0 fully saturated rings. The third kappa shape index (κ3) is 3.92. The first kappa shape index (κ1) is 17.5. The van der Waals surface area contributed by atoms with Gasteiger partial charge >= 0.3 is 5.63 Å². The lowest BCUT2D eigenvalue weighted by atomic mass is 10.1. The van der Waals surface area contributed by atoms with Crippen molar-refractivity contribution in [2.75, 3.05) is 6.54 Å². The van der Waals surface area contributed by atoms with Gasteiger partial charge in [0.1, 0.15) is 11.3 Å². The van der Waals surface area contributed by atoms with Crippen molar-refractivity contribution in [1.29, 1.82) is 0 Å². The Hall–Kier alpha value is -2.83. The zero-order valence-electron chi connectivity index (χ0n) is 13.7. The Bertz CT molecular complexity index is 839. The van der Waals surface area contributed by atoms with Crippen LogP contribution in [0.5, 0.6) is 5.75 Å². The molecule has 1 amide bonds. The SMILES string of the molecule is Cc1c(C)c2ccc(O[C@H](C)C(=O)NCCC(=O)[O-])cc2oc1=O. The largest absolute Gasteiger partial charge is 0.550 e. The van der Waals surface area contributed by atoms with Gasteiger partial charge in [0.2, 0.25) is 0 Å². The number of carboxylic acids is 1. The predicted molar refractivity (Wildman–Crippen MR) is 84.7 cm³/mol. The van der Waals surface area contributed by atoms with E-state index in [0.717, 1.165) is 10.9 Å². The van der Waals surface area contributed by atoms with Crippen LogP contribution in [-0.4, -0.2) is 24.5 Å². The molecule has 0 radical (unpaired) electrons. The van der Waals surface area contributed by atoms with Crippen LogP contribution in [0, 0.1) is 13.8 Å². The summed E-state index contributed by atoms with van der Waals surface area (Å²) in [5.74, 6) is -1.31. The number of hydrogen-bond donors (Lipinski definition) is 1. The smallest absolute Gasteiger partial charge is 0.339 e. The van der Waals surface area contributed by atoms with Gasteiger partial charge in [0.05, 0.1) is 0 Å². The van der Waals surface area contributed by atoms with Gasteiger partial charge < -0.3 is 24.4 Å². The van der Waals surface area contributed by atoms with E-state index in [2.05, 4.69) is 5.32 Å². The fourth-order valence-electron chi connectivity index (χ4n) is 2.19. The Morgan fingerprint density at radius 1 is 1.29 bits per heavy atom. The summed E-state index contributed by atoms with van der Waals surface area (Å²) < 4.78 is 10.8. The number of ether oxygens (including phenoxy) is 1. The van der Waals surface area contributed by atoms with Crippen LogP contribution in [0.2, 0.25) is 0 Å². The summed E-state index contributed by atoms with van der Waals surface area (Å²) in [7, 11) is 0. The Morgan fingerprint density at radius 2 is 2.00 bits per heavy atom. The molecule has 1 heterocycles. The molecule has 1 aromatic heterocycles. The molecule has 2 rings (SSSR count). The third-order valence-electron chi connectivity index (χ3n) is 3.74. The first-order valence-electron chi connectivity index (χ1n) is 7.48. The molecule has 1 aromatic carbocycles. The number of carbonyl (C=O) groups is 2. The van der Waals surface area contributed by atoms with Gasteiger partial charge in [0.15, 0.2) is 6.10 Å². The van der Waals surface area contributed by atoms with Crippen molar-refractivity contribution >= 4 is 22.8 Å². The van der Waals surface area contributed by atoms with Crippen LogP contribution in [0.15, 0.2) is 27.4 Å². The number of hydrogen-bond acceptors (Lipinski definition) is 6. The molecule has 7 heteroatoms. The molecule has 1 atom stereocenters. The maximum absolute atomic E-state index is 11.8. The van der Waals surface area contributed by atoms with Crippen LogP contribution in [0.1, 0.15) is 24.5 Å². The lowest BCUT2D eigenvalue weighted by molar-refractivity contribution is -0.305. The van der Waals surface area contributed by atoms with E-state index in [4.69, 9.17) is 9.15 Å². The molecule has 24 heavy (non-hydrogen) atoms. The molecule has 2 aromatic rings. The molecule has 1 N–H and O–H groups in total. The van der Waals surface area contributed by atoms with Gasteiger partial charge in [0, 0.05) is 36.0 Å². The van der Waals surface area contributed by atoms with Crippen molar-refractivity contribution in [3.8, 4) is 5.75 Å². The fourth-order valence-corrected chi connectivity index (χ4v) is 2.19. The van der Waals surface area contributed by atoms with Crippen molar-refractivity contribution in [3.05, 3.63) is 39.7 Å². The van der Waals surface area contributed by atoms with Crippen molar-refractivity contribution in [1.82, 2.24) is 5.32 Å². The van der Waals surface area contributed by atoms with Crippen LogP contribution >= 0.6 is 0 Å². The average Bonchev–Trinajstić information content (AvgIpc) is 2.52. The third-order valence-corrected chi connectivity index (χ3v) is 3.74. The van der Waals surface area contributed by atoms with Crippen molar-refractivity contribution in [2.24, 2.45) is 0 Å². The van der Waals surface area contributed by atoms with Crippen molar-refractivity contribution < 1.29 is 23.8 Å².